The monoisotopic (exact) mass is 348 g/mol. The first kappa shape index (κ1) is 15.5. The first-order chi connectivity index (χ1) is 9.83. The Morgan fingerprint density at radius 2 is 2.10 bits per heavy atom. The van der Waals surface area contributed by atoms with E-state index in [0.29, 0.717) is 5.75 Å². The van der Waals surface area contributed by atoms with E-state index >= 15 is 0 Å². The normalized spacial score (nSPS) is 11.1. The molecule has 0 aliphatic heterocycles. The number of rotatable bonds is 5. The number of methoxy groups -OCH3 is 1. The van der Waals surface area contributed by atoms with E-state index in [0.717, 1.165) is 22.8 Å². The van der Waals surface area contributed by atoms with Crippen molar-refractivity contribution < 1.29 is 18.1 Å². The van der Waals surface area contributed by atoms with Gasteiger partial charge in [0.15, 0.2) is 0 Å². The lowest BCUT2D eigenvalue weighted by Gasteiger charge is -2.08. The number of hydrogen-bond acceptors (Lipinski definition) is 6. The van der Waals surface area contributed by atoms with Gasteiger partial charge in [0.1, 0.15) is 9.96 Å². The zero-order valence-corrected chi connectivity index (χ0v) is 13.0. The van der Waals surface area contributed by atoms with E-state index in [1.165, 1.54) is 25.3 Å². The molecule has 0 unspecified atom stereocenters. The fraction of sp³-hybridized carbons (Fsp3) is 0.0909. The van der Waals surface area contributed by atoms with Gasteiger partial charge in [-0.1, -0.05) is 11.6 Å². The maximum absolute atomic E-state index is 12.1. The summed E-state index contributed by atoms with van der Waals surface area (Å²) in [5.74, 6) is 0.409. The maximum atomic E-state index is 12.1. The molecule has 0 spiro atoms. The summed E-state index contributed by atoms with van der Waals surface area (Å²) in [5, 5.41) is 12.0. The molecule has 0 atom stereocenters. The Hall–Kier alpha value is -1.84. The van der Waals surface area contributed by atoms with Crippen LogP contribution in [0.2, 0.25) is 5.02 Å². The summed E-state index contributed by atoms with van der Waals surface area (Å²) in [7, 11) is -2.46. The Kier molecular flexibility index (Phi) is 4.35. The van der Waals surface area contributed by atoms with Crippen LogP contribution in [-0.4, -0.2) is 20.5 Å². The van der Waals surface area contributed by atoms with Crippen LogP contribution in [-0.2, 0) is 10.0 Å². The van der Waals surface area contributed by atoms with Crippen LogP contribution in [0.25, 0.3) is 0 Å². The minimum absolute atomic E-state index is 0.152. The molecular formula is C11H9ClN2O5S2. The molecule has 21 heavy (non-hydrogen) atoms. The van der Waals surface area contributed by atoms with E-state index in [4.69, 9.17) is 16.3 Å². The molecule has 0 fully saturated rings. The van der Waals surface area contributed by atoms with Gasteiger partial charge in [0, 0.05) is 6.07 Å². The minimum Gasteiger partial charge on any atom is -0.495 e. The smallest absolute Gasteiger partial charge is 0.281 e. The van der Waals surface area contributed by atoms with Gasteiger partial charge in [-0.25, -0.2) is 8.42 Å². The maximum Gasteiger partial charge on any atom is 0.281 e. The standard InChI is InChI=1S/C11H9ClN2O5S2/c1-19-10-3-2-7(4-9(10)12)13-21(17,18)11-5-8(6-20-11)14(15)16/h2-6,13H,1H3. The van der Waals surface area contributed by atoms with Crippen LogP contribution >= 0.6 is 22.9 Å². The molecule has 2 rings (SSSR count). The van der Waals surface area contributed by atoms with Crippen LogP contribution in [0, 0.1) is 10.1 Å². The third-order valence-electron chi connectivity index (χ3n) is 2.44. The summed E-state index contributed by atoms with van der Waals surface area (Å²) in [5.41, 5.74) is -0.0370. The molecule has 1 aromatic carbocycles. The van der Waals surface area contributed by atoms with Gasteiger partial charge in [0.2, 0.25) is 0 Å². The lowest BCUT2D eigenvalue weighted by molar-refractivity contribution is -0.384. The highest BCUT2D eigenvalue weighted by molar-refractivity contribution is 7.94. The highest BCUT2D eigenvalue weighted by Gasteiger charge is 2.21. The largest absolute Gasteiger partial charge is 0.495 e. The lowest BCUT2D eigenvalue weighted by atomic mass is 10.3. The van der Waals surface area contributed by atoms with Gasteiger partial charge in [-0.15, -0.1) is 11.3 Å². The van der Waals surface area contributed by atoms with Crippen LogP contribution < -0.4 is 9.46 Å². The van der Waals surface area contributed by atoms with Crippen molar-refractivity contribution in [3.8, 4) is 5.75 Å². The Bertz CT molecular complexity index is 788. The van der Waals surface area contributed by atoms with E-state index in [1.807, 2.05) is 0 Å². The average molecular weight is 349 g/mol. The van der Waals surface area contributed by atoms with Crippen LogP contribution in [0.5, 0.6) is 5.75 Å². The fourth-order valence-electron chi connectivity index (χ4n) is 1.48. The first-order valence-corrected chi connectivity index (χ1v) is 8.17. The molecule has 0 aliphatic rings. The van der Waals surface area contributed by atoms with Gasteiger partial charge in [-0.2, -0.15) is 0 Å². The molecule has 0 radical (unpaired) electrons. The predicted octanol–water partition coefficient (Wildman–Crippen LogP) is 3.12. The molecule has 7 nitrogen and oxygen atoms in total. The van der Waals surface area contributed by atoms with Crippen molar-refractivity contribution in [1.29, 1.82) is 0 Å². The number of anilines is 1. The quantitative estimate of drug-likeness (QED) is 0.661. The van der Waals surface area contributed by atoms with Crippen molar-refractivity contribution in [3.63, 3.8) is 0 Å². The van der Waals surface area contributed by atoms with Crippen molar-refractivity contribution in [3.05, 3.63) is 44.8 Å². The molecule has 1 aromatic heterocycles. The van der Waals surface area contributed by atoms with Crippen molar-refractivity contribution in [2.45, 2.75) is 4.21 Å². The van der Waals surface area contributed by atoms with Crippen molar-refractivity contribution in [2.24, 2.45) is 0 Å². The molecule has 0 bridgehead atoms. The van der Waals surface area contributed by atoms with Crippen LogP contribution in [0.3, 0.4) is 0 Å². The highest BCUT2D eigenvalue weighted by Crippen LogP contribution is 2.30. The number of nitrogens with one attached hydrogen (secondary N) is 1. The third kappa shape index (κ3) is 3.43. The second-order valence-corrected chi connectivity index (χ2v) is 7.06. The van der Waals surface area contributed by atoms with Crippen LogP contribution in [0.1, 0.15) is 0 Å². The molecule has 2 aromatic rings. The highest BCUT2D eigenvalue weighted by atomic mass is 35.5. The average Bonchev–Trinajstić information content (AvgIpc) is 2.89. The van der Waals surface area contributed by atoms with Crippen molar-refractivity contribution >= 4 is 44.3 Å². The zero-order valence-electron chi connectivity index (χ0n) is 10.6. The molecular weight excluding hydrogens is 340 g/mol. The van der Waals surface area contributed by atoms with Crippen molar-refractivity contribution in [1.82, 2.24) is 0 Å². The number of benzene rings is 1. The Labute approximate surface area is 129 Å². The summed E-state index contributed by atoms with van der Waals surface area (Å²) in [6.45, 7) is 0. The van der Waals surface area contributed by atoms with E-state index < -0.39 is 14.9 Å². The number of ether oxygens (including phenoxy) is 1. The first-order valence-electron chi connectivity index (χ1n) is 5.43. The Morgan fingerprint density at radius 3 is 2.62 bits per heavy atom. The van der Waals surface area contributed by atoms with E-state index in [2.05, 4.69) is 4.72 Å². The number of sulfonamides is 1. The van der Waals surface area contributed by atoms with E-state index in [-0.39, 0.29) is 20.6 Å². The van der Waals surface area contributed by atoms with E-state index in [9.17, 15) is 18.5 Å². The molecule has 1 N–H and O–H groups in total. The topological polar surface area (TPSA) is 98.5 Å². The Balaban J connectivity index is 2.28. The van der Waals surface area contributed by atoms with Crippen molar-refractivity contribution in [2.75, 3.05) is 11.8 Å². The summed E-state index contributed by atoms with van der Waals surface area (Å²) in [4.78, 5) is 9.93. The van der Waals surface area contributed by atoms with Crippen LogP contribution in [0.15, 0.2) is 33.9 Å². The second-order valence-electron chi connectivity index (χ2n) is 3.84. The number of thiophene rings is 1. The number of halogens is 1. The molecule has 0 saturated heterocycles. The van der Waals surface area contributed by atoms with Gasteiger partial charge in [0.25, 0.3) is 15.7 Å². The Morgan fingerprint density at radius 1 is 1.38 bits per heavy atom. The summed E-state index contributed by atoms with van der Waals surface area (Å²) >= 11 is 6.67. The molecule has 0 saturated carbocycles. The molecule has 10 heteroatoms. The summed E-state index contributed by atoms with van der Waals surface area (Å²) in [6, 6.07) is 5.37. The third-order valence-corrected chi connectivity index (χ3v) is 5.55. The second kappa shape index (κ2) is 5.88. The molecule has 0 aliphatic carbocycles. The molecule has 112 valence electrons. The summed E-state index contributed by atoms with van der Waals surface area (Å²) < 4.78 is 31.3. The minimum atomic E-state index is -3.90. The van der Waals surface area contributed by atoms with Gasteiger partial charge in [0.05, 0.1) is 28.1 Å². The number of hydrogen-bond donors (Lipinski definition) is 1. The fourth-order valence-corrected chi connectivity index (χ4v) is 3.91. The summed E-state index contributed by atoms with van der Waals surface area (Å²) in [6.07, 6.45) is 0. The van der Waals surface area contributed by atoms with Gasteiger partial charge in [-0.3, -0.25) is 14.8 Å². The van der Waals surface area contributed by atoms with Crippen LogP contribution in [0.4, 0.5) is 11.4 Å². The van der Waals surface area contributed by atoms with Gasteiger partial charge < -0.3 is 4.74 Å². The number of nitro groups is 1. The van der Waals surface area contributed by atoms with Gasteiger partial charge in [-0.05, 0) is 18.2 Å². The van der Waals surface area contributed by atoms with Gasteiger partial charge >= 0.3 is 0 Å². The zero-order chi connectivity index (χ0) is 15.6. The lowest BCUT2D eigenvalue weighted by Crippen LogP contribution is -2.11. The number of nitrogens with zero attached hydrogens (tertiary/aromatic N) is 1. The SMILES string of the molecule is COc1ccc(NS(=O)(=O)c2cc([N+](=O)[O-])cs2)cc1Cl. The molecule has 0 amide bonds. The predicted molar refractivity (Wildman–Crippen MR) is 79.8 cm³/mol. The molecule has 1 heterocycles. The van der Waals surface area contributed by atoms with E-state index in [1.54, 1.807) is 0 Å².